The molecule has 1 aliphatic heterocycles. The minimum absolute atomic E-state index is 0.00216. The second-order valence-electron chi connectivity index (χ2n) is 13.2. The van der Waals surface area contributed by atoms with Crippen molar-refractivity contribution in [1.29, 1.82) is 0 Å². The molecule has 0 aromatic heterocycles. The van der Waals surface area contributed by atoms with Crippen molar-refractivity contribution in [2.45, 2.75) is 78.9 Å². The maximum Gasteiger partial charge on any atom is 0.303 e. The summed E-state index contributed by atoms with van der Waals surface area (Å²) in [6.45, 7) is 11.0. The molecule has 5 aliphatic rings. The number of epoxide rings is 1. The number of allylic oxidation sites excluding steroid dienone is 4. The number of ketones is 3. The van der Waals surface area contributed by atoms with Gasteiger partial charge in [0.05, 0.1) is 6.10 Å². The summed E-state index contributed by atoms with van der Waals surface area (Å²) in [4.78, 5) is 47.5. The van der Waals surface area contributed by atoms with Gasteiger partial charge in [-0.3, -0.25) is 14.4 Å². The summed E-state index contributed by atoms with van der Waals surface area (Å²) >= 11 is 0. The largest absolute Gasteiger partial charge is 0.458 e. The van der Waals surface area contributed by atoms with Crippen molar-refractivity contribution in [2.24, 2.45) is 34.5 Å². The van der Waals surface area contributed by atoms with Crippen LogP contribution in [0.4, 0.5) is 0 Å². The van der Waals surface area contributed by atoms with Crippen LogP contribution >= 0.6 is 0 Å². The number of carbonyl (C=O) groups excluding carboxylic acids is 4. The van der Waals surface area contributed by atoms with E-state index in [-0.39, 0.29) is 58.3 Å². The van der Waals surface area contributed by atoms with Gasteiger partial charge in [-0.1, -0.05) is 67.1 Å². The van der Waals surface area contributed by atoms with Crippen LogP contribution in [0.25, 0.3) is 0 Å². The lowest BCUT2D eigenvalue weighted by Crippen LogP contribution is -2.56. The molecule has 0 amide bonds. The summed E-state index contributed by atoms with van der Waals surface area (Å²) in [6, 6.07) is 9.23. The summed E-state index contributed by atoms with van der Waals surface area (Å²) in [5, 5.41) is 0. The van der Waals surface area contributed by atoms with Crippen molar-refractivity contribution < 1.29 is 28.7 Å². The van der Waals surface area contributed by atoms with Crippen LogP contribution in [0.3, 0.4) is 0 Å². The van der Waals surface area contributed by atoms with Crippen LogP contribution in [0.5, 0.6) is 0 Å². The van der Waals surface area contributed by atoms with Crippen LogP contribution in [-0.4, -0.2) is 41.6 Å². The van der Waals surface area contributed by atoms with Crippen molar-refractivity contribution in [3.8, 4) is 0 Å². The Bertz CT molecular complexity index is 1350. The van der Waals surface area contributed by atoms with E-state index in [0.29, 0.717) is 18.3 Å². The first kappa shape index (κ1) is 29.4. The molecular weight excluding hydrogens is 516 g/mol. The maximum atomic E-state index is 13.3. The number of carbonyl (C=O) groups is 4. The summed E-state index contributed by atoms with van der Waals surface area (Å²) in [6.07, 6.45) is 12.3. The van der Waals surface area contributed by atoms with Gasteiger partial charge >= 0.3 is 5.97 Å². The molecule has 0 N–H and O–H groups in total. The predicted molar refractivity (Wildman–Crippen MR) is 156 cm³/mol. The van der Waals surface area contributed by atoms with Gasteiger partial charge in [-0.15, -0.1) is 0 Å². The molecular formula is C35H42O6. The van der Waals surface area contributed by atoms with E-state index in [0.717, 1.165) is 24.8 Å². The normalized spacial score (nSPS) is 37.5. The zero-order chi connectivity index (χ0) is 29.7. The zero-order valence-corrected chi connectivity index (χ0v) is 25.1. The van der Waals surface area contributed by atoms with Crippen LogP contribution in [-0.2, 0) is 23.9 Å². The van der Waals surface area contributed by atoms with E-state index in [1.54, 1.807) is 13.8 Å². The molecule has 1 saturated heterocycles. The lowest BCUT2D eigenvalue weighted by molar-refractivity contribution is -0.149. The molecule has 1 aromatic rings. The quantitative estimate of drug-likeness (QED) is 0.233. The fraction of sp³-hybridized carbons (Fsp3) is 0.543. The van der Waals surface area contributed by atoms with E-state index in [1.807, 2.05) is 30.3 Å². The molecule has 8 atom stereocenters. The Kier molecular flexibility index (Phi) is 7.60. The number of esters is 1. The van der Waals surface area contributed by atoms with Crippen molar-refractivity contribution in [3.63, 3.8) is 0 Å². The van der Waals surface area contributed by atoms with Gasteiger partial charge in [-0.2, -0.15) is 0 Å². The molecule has 7 unspecified atom stereocenters. The Morgan fingerprint density at radius 2 is 1.73 bits per heavy atom. The molecule has 1 aromatic carbocycles. The highest BCUT2D eigenvalue weighted by molar-refractivity contribution is 5.93. The minimum atomic E-state index is -0.445. The first-order valence-electron chi connectivity index (χ1n) is 14.8. The Labute approximate surface area is 243 Å². The maximum absolute atomic E-state index is 13.3. The van der Waals surface area contributed by atoms with Gasteiger partial charge in [0, 0.05) is 30.2 Å². The average molecular weight is 559 g/mol. The molecule has 0 radical (unpaired) electrons. The van der Waals surface area contributed by atoms with Gasteiger partial charge < -0.3 is 14.3 Å². The standard InChI is InChI=1S/C27H34O5.C8H8O/c1-15-8-9-26(5)19(10-15)6-7-20-21-12-18(11-16(2)28)24(22(30)14-31-17(3)29)25(21,4)13-23-27(20,26)32-23;1-7(9)8-5-3-2-4-6-8/h6,8-10,18,20-21,23-24H,7,11-14H2,1-5H3;2-6H,1H3/t18-,20?,21?,23?,24?,25?,26?,27?;/m1./s1. The number of hydrogen-bond acceptors (Lipinski definition) is 6. The zero-order valence-electron chi connectivity index (χ0n) is 25.1. The van der Waals surface area contributed by atoms with Crippen molar-refractivity contribution in [1.82, 2.24) is 0 Å². The monoisotopic (exact) mass is 558 g/mol. The number of rotatable bonds is 6. The number of ether oxygens (including phenoxy) is 2. The van der Waals surface area contributed by atoms with E-state index in [1.165, 1.54) is 18.1 Å². The Hall–Kier alpha value is -3.12. The smallest absolute Gasteiger partial charge is 0.303 e. The molecule has 6 heteroatoms. The Balaban J connectivity index is 0.000000321. The van der Waals surface area contributed by atoms with Crippen LogP contribution in [0.2, 0.25) is 0 Å². The summed E-state index contributed by atoms with van der Waals surface area (Å²) in [5.41, 5.74) is 2.76. The van der Waals surface area contributed by atoms with Gasteiger partial charge in [-0.05, 0) is 75.7 Å². The lowest BCUT2D eigenvalue weighted by atomic mass is 9.48. The van der Waals surface area contributed by atoms with Gasteiger partial charge in [-0.25, -0.2) is 0 Å². The number of Topliss-reactive ketones (excluding diaryl/α,β-unsaturated/α-hetero) is 3. The first-order chi connectivity index (χ1) is 19.3. The second kappa shape index (κ2) is 10.6. The van der Waals surface area contributed by atoms with Crippen LogP contribution in [0.15, 0.2) is 65.8 Å². The molecule has 1 heterocycles. The first-order valence-corrected chi connectivity index (χ1v) is 14.8. The van der Waals surface area contributed by atoms with Gasteiger partial charge in [0.15, 0.2) is 11.6 Å². The summed E-state index contributed by atoms with van der Waals surface area (Å²) < 4.78 is 11.7. The average Bonchev–Trinajstić information content (AvgIpc) is 3.56. The molecule has 6 rings (SSSR count). The van der Waals surface area contributed by atoms with Crippen molar-refractivity contribution in [2.75, 3.05) is 6.61 Å². The molecule has 218 valence electrons. The summed E-state index contributed by atoms with van der Waals surface area (Å²) in [7, 11) is 0. The predicted octanol–water partition coefficient (Wildman–Crippen LogP) is 6.26. The van der Waals surface area contributed by atoms with E-state index in [2.05, 4.69) is 45.1 Å². The molecule has 41 heavy (non-hydrogen) atoms. The molecule has 3 fully saturated rings. The van der Waals surface area contributed by atoms with E-state index >= 15 is 0 Å². The van der Waals surface area contributed by atoms with E-state index in [4.69, 9.17) is 9.47 Å². The highest BCUT2D eigenvalue weighted by atomic mass is 16.6. The third-order valence-corrected chi connectivity index (χ3v) is 10.6. The molecule has 1 spiro atoms. The van der Waals surface area contributed by atoms with Crippen LogP contribution in [0, 0.1) is 34.5 Å². The van der Waals surface area contributed by atoms with Gasteiger partial charge in [0.2, 0.25) is 0 Å². The Morgan fingerprint density at radius 1 is 1.02 bits per heavy atom. The van der Waals surface area contributed by atoms with Gasteiger partial charge in [0.1, 0.15) is 18.0 Å². The number of fused-ring (bicyclic) bond motifs is 3. The highest BCUT2D eigenvalue weighted by Gasteiger charge is 2.79. The number of hydrogen-bond donors (Lipinski definition) is 0. The molecule has 0 bridgehead atoms. The Morgan fingerprint density at radius 3 is 2.34 bits per heavy atom. The van der Waals surface area contributed by atoms with Crippen molar-refractivity contribution >= 4 is 23.3 Å². The van der Waals surface area contributed by atoms with E-state index in [9.17, 15) is 19.2 Å². The topological polar surface area (TPSA) is 90.0 Å². The molecule has 2 saturated carbocycles. The van der Waals surface area contributed by atoms with Crippen LogP contribution < -0.4 is 0 Å². The third kappa shape index (κ3) is 4.88. The second-order valence-corrected chi connectivity index (χ2v) is 13.2. The minimum Gasteiger partial charge on any atom is -0.458 e. The van der Waals surface area contributed by atoms with Crippen molar-refractivity contribution in [3.05, 3.63) is 71.3 Å². The molecule has 4 aliphatic carbocycles. The lowest BCUT2D eigenvalue weighted by Gasteiger charge is -2.53. The van der Waals surface area contributed by atoms with Crippen LogP contribution in [0.1, 0.15) is 77.6 Å². The molecule has 6 nitrogen and oxygen atoms in total. The fourth-order valence-corrected chi connectivity index (χ4v) is 8.86. The van der Waals surface area contributed by atoms with E-state index < -0.39 is 5.97 Å². The summed E-state index contributed by atoms with van der Waals surface area (Å²) in [5.74, 6) is 0.0911. The highest BCUT2D eigenvalue weighted by Crippen LogP contribution is 2.75. The number of benzene rings is 1. The van der Waals surface area contributed by atoms with Gasteiger partial charge in [0.25, 0.3) is 0 Å². The fourth-order valence-electron chi connectivity index (χ4n) is 8.86. The SMILES string of the molecule is CC(=O)C[C@@H]1CC2C3CC=C4C=C(C)C=CC4(C)C34OC4CC2(C)C1C(=O)COC(C)=O.CC(=O)c1ccccc1. The third-order valence-electron chi connectivity index (χ3n) is 10.6.